The average Bonchev–Trinajstić information content (AvgIpc) is 2.44. The van der Waals surface area contributed by atoms with Gasteiger partial charge in [0.25, 0.3) is 11.5 Å². The van der Waals surface area contributed by atoms with Crippen molar-refractivity contribution < 1.29 is 9.59 Å². The molecule has 0 bridgehead atoms. The number of hydrogen-bond donors (Lipinski definition) is 4. The normalized spacial score (nSPS) is 18.6. The number of aromatic amines is 2. The van der Waals surface area contributed by atoms with Gasteiger partial charge in [-0.3, -0.25) is 19.4 Å². The molecule has 1 atom stereocenters. The Balaban J connectivity index is 2.32. The van der Waals surface area contributed by atoms with E-state index in [0.29, 0.717) is 19.6 Å². The second-order valence-electron chi connectivity index (χ2n) is 4.33. The highest BCUT2D eigenvalue weighted by molar-refractivity contribution is 5.96. The third-order valence-corrected chi connectivity index (χ3v) is 3.04. The number of amides is 2. The van der Waals surface area contributed by atoms with Gasteiger partial charge in [0.1, 0.15) is 11.7 Å². The van der Waals surface area contributed by atoms with Gasteiger partial charge in [0, 0.05) is 32.7 Å². The molecule has 108 valence electrons. The lowest BCUT2D eigenvalue weighted by Crippen LogP contribution is -2.59. The van der Waals surface area contributed by atoms with Crippen LogP contribution in [0.25, 0.3) is 0 Å². The zero-order valence-corrected chi connectivity index (χ0v) is 10.9. The van der Waals surface area contributed by atoms with Gasteiger partial charge in [-0.2, -0.15) is 0 Å². The van der Waals surface area contributed by atoms with Crippen molar-refractivity contribution in [1.29, 1.82) is 0 Å². The summed E-state index contributed by atoms with van der Waals surface area (Å²) < 4.78 is 0. The summed E-state index contributed by atoms with van der Waals surface area (Å²) in [5.74, 6) is -0.860. The third kappa shape index (κ3) is 2.77. The van der Waals surface area contributed by atoms with Gasteiger partial charge < -0.3 is 20.5 Å². The Hall–Kier alpha value is -2.42. The number of carbonyl (C=O) groups excluding carboxylic acids is 2. The second kappa shape index (κ2) is 5.70. The van der Waals surface area contributed by atoms with Crippen LogP contribution in [0.2, 0.25) is 0 Å². The fourth-order valence-corrected chi connectivity index (χ4v) is 2.09. The maximum atomic E-state index is 12.3. The number of nitrogens with zero attached hydrogens (tertiary/aromatic N) is 1. The minimum absolute atomic E-state index is 0.130. The molecule has 0 spiro atoms. The average molecular weight is 281 g/mol. The number of rotatable bonds is 2. The summed E-state index contributed by atoms with van der Waals surface area (Å²) in [6.45, 7) is 1.16. The van der Waals surface area contributed by atoms with E-state index in [1.807, 2.05) is 4.98 Å². The maximum Gasteiger partial charge on any atom is 0.326 e. The Bertz CT molecular complexity index is 606. The number of aromatic nitrogens is 2. The Morgan fingerprint density at radius 3 is 2.75 bits per heavy atom. The molecule has 0 aliphatic carbocycles. The number of H-pyrrole nitrogens is 2. The van der Waals surface area contributed by atoms with Crippen molar-refractivity contribution in [3.8, 4) is 0 Å². The highest BCUT2D eigenvalue weighted by Gasteiger charge is 2.32. The van der Waals surface area contributed by atoms with Gasteiger partial charge >= 0.3 is 5.69 Å². The van der Waals surface area contributed by atoms with E-state index < -0.39 is 23.2 Å². The molecular weight excluding hydrogens is 266 g/mol. The van der Waals surface area contributed by atoms with Crippen molar-refractivity contribution in [2.75, 3.05) is 26.7 Å². The van der Waals surface area contributed by atoms with Crippen LogP contribution in [0.3, 0.4) is 0 Å². The van der Waals surface area contributed by atoms with Crippen LogP contribution in [0.15, 0.2) is 15.7 Å². The maximum absolute atomic E-state index is 12.3. The van der Waals surface area contributed by atoms with Crippen LogP contribution in [0.5, 0.6) is 0 Å². The predicted octanol–water partition coefficient (Wildman–Crippen LogP) is -2.78. The fourth-order valence-electron chi connectivity index (χ4n) is 2.09. The molecule has 1 fully saturated rings. The standard InChI is InChI=1S/C11H15N5O4/c1-12-9(18)7-5-13-2-3-16(7)10(19)6-4-8(17)15-11(20)14-6/h4,7,13H,2-3,5H2,1H3,(H,12,18)(H2,14,15,17,20). The number of nitrogens with one attached hydrogen (secondary N) is 4. The zero-order chi connectivity index (χ0) is 14.7. The summed E-state index contributed by atoms with van der Waals surface area (Å²) in [5.41, 5.74) is -1.55. The topological polar surface area (TPSA) is 127 Å². The molecule has 0 radical (unpaired) electrons. The lowest BCUT2D eigenvalue weighted by Gasteiger charge is -2.34. The van der Waals surface area contributed by atoms with Crippen LogP contribution in [0, 0.1) is 0 Å². The SMILES string of the molecule is CNC(=O)C1CNCCN1C(=O)c1cc(=O)[nH]c(=O)[nH]1. The molecule has 9 heteroatoms. The lowest BCUT2D eigenvalue weighted by atomic mass is 10.1. The molecule has 2 heterocycles. The van der Waals surface area contributed by atoms with Crippen LogP contribution in [-0.4, -0.2) is 59.4 Å². The zero-order valence-electron chi connectivity index (χ0n) is 10.9. The fraction of sp³-hybridized carbons (Fsp3) is 0.455. The molecule has 2 amide bonds. The summed E-state index contributed by atoms with van der Waals surface area (Å²) in [6, 6.07) is 0.330. The van der Waals surface area contributed by atoms with Gasteiger partial charge in [-0.25, -0.2) is 4.79 Å². The Morgan fingerprint density at radius 1 is 1.35 bits per heavy atom. The van der Waals surface area contributed by atoms with Crippen LogP contribution in [0.1, 0.15) is 10.5 Å². The monoisotopic (exact) mass is 281 g/mol. The first-order valence-electron chi connectivity index (χ1n) is 6.10. The number of piperazine rings is 1. The summed E-state index contributed by atoms with van der Waals surface area (Å²) in [4.78, 5) is 52.1. The van der Waals surface area contributed by atoms with Crippen LogP contribution in [-0.2, 0) is 4.79 Å². The molecule has 1 aromatic heterocycles. The first kappa shape index (κ1) is 14.0. The van der Waals surface area contributed by atoms with Crippen molar-refractivity contribution in [1.82, 2.24) is 25.5 Å². The van der Waals surface area contributed by atoms with Crippen molar-refractivity contribution in [2.45, 2.75) is 6.04 Å². The van der Waals surface area contributed by atoms with Gasteiger partial charge in [-0.05, 0) is 0 Å². The highest BCUT2D eigenvalue weighted by atomic mass is 16.2. The van der Waals surface area contributed by atoms with Crippen LogP contribution >= 0.6 is 0 Å². The van der Waals surface area contributed by atoms with E-state index in [-0.39, 0.29) is 11.6 Å². The first-order chi connectivity index (χ1) is 9.52. The molecule has 0 aromatic carbocycles. The van der Waals surface area contributed by atoms with Gasteiger partial charge in [0.05, 0.1) is 0 Å². The number of carbonyl (C=O) groups is 2. The van der Waals surface area contributed by atoms with E-state index in [2.05, 4.69) is 15.6 Å². The minimum atomic E-state index is -0.757. The molecule has 0 saturated carbocycles. The molecule has 1 aromatic rings. The molecule has 1 unspecified atom stereocenters. The van der Waals surface area contributed by atoms with Crippen molar-refractivity contribution in [2.24, 2.45) is 0 Å². The lowest BCUT2D eigenvalue weighted by molar-refractivity contribution is -0.125. The van der Waals surface area contributed by atoms with E-state index in [4.69, 9.17) is 0 Å². The summed E-state index contributed by atoms with van der Waals surface area (Å²) in [5, 5.41) is 5.50. The van der Waals surface area contributed by atoms with E-state index in [1.165, 1.54) is 11.9 Å². The Morgan fingerprint density at radius 2 is 2.10 bits per heavy atom. The molecule has 1 aliphatic rings. The Kier molecular flexibility index (Phi) is 3.99. The van der Waals surface area contributed by atoms with E-state index in [9.17, 15) is 19.2 Å². The minimum Gasteiger partial charge on any atom is -0.357 e. The molecule has 4 N–H and O–H groups in total. The van der Waals surface area contributed by atoms with Gasteiger partial charge in [-0.1, -0.05) is 0 Å². The van der Waals surface area contributed by atoms with E-state index in [1.54, 1.807) is 0 Å². The van der Waals surface area contributed by atoms with Crippen molar-refractivity contribution in [3.63, 3.8) is 0 Å². The van der Waals surface area contributed by atoms with Gasteiger partial charge in [0.2, 0.25) is 5.91 Å². The van der Waals surface area contributed by atoms with Gasteiger partial charge in [-0.15, -0.1) is 0 Å². The molecular formula is C11H15N5O4. The molecule has 1 saturated heterocycles. The van der Waals surface area contributed by atoms with Crippen molar-refractivity contribution >= 4 is 11.8 Å². The number of likely N-dealkylation sites (N-methyl/N-ethyl adjacent to an activating group) is 1. The summed E-state index contributed by atoms with van der Waals surface area (Å²) in [7, 11) is 1.48. The summed E-state index contributed by atoms with van der Waals surface area (Å²) in [6.07, 6.45) is 0. The van der Waals surface area contributed by atoms with Gasteiger partial charge in [0.15, 0.2) is 0 Å². The quantitative estimate of drug-likeness (QED) is 0.466. The van der Waals surface area contributed by atoms with Crippen molar-refractivity contribution in [3.05, 3.63) is 32.6 Å². The van der Waals surface area contributed by atoms with Crippen LogP contribution in [0.4, 0.5) is 0 Å². The Labute approximate surface area is 113 Å². The van der Waals surface area contributed by atoms with Crippen LogP contribution < -0.4 is 21.9 Å². The second-order valence-corrected chi connectivity index (χ2v) is 4.33. The summed E-state index contributed by atoms with van der Waals surface area (Å²) >= 11 is 0. The number of hydrogen-bond acceptors (Lipinski definition) is 5. The largest absolute Gasteiger partial charge is 0.357 e. The smallest absolute Gasteiger partial charge is 0.326 e. The first-order valence-corrected chi connectivity index (χ1v) is 6.10. The highest BCUT2D eigenvalue weighted by Crippen LogP contribution is 2.07. The molecule has 1 aliphatic heterocycles. The molecule has 20 heavy (non-hydrogen) atoms. The van der Waals surface area contributed by atoms with E-state index in [0.717, 1.165) is 6.07 Å². The molecule has 2 rings (SSSR count). The molecule has 9 nitrogen and oxygen atoms in total. The van der Waals surface area contributed by atoms with E-state index >= 15 is 0 Å². The predicted molar refractivity (Wildman–Crippen MR) is 69.4 cm³/mol. The third-order valence-electron chi connectivity index (χ3n) is 3.04.